The van der Waals surface area contributed by atoms with Crippen LogP contribution in [0.5, 0.6) is 0 Å². The lowest BCUT2D eigenvalue weighted by molar-refractivity contribution is -0.156. The lowest BCUT2D eigenvalue weighted by Crippen LogP contribution is -2.43. The van der Waals surface area contributed by atoms with Gasteiger partial charge in [-0.05, 0) is 13.0 Å². The SMILES string of the molecule is CCOC(=O)[C@H](CC(=O)c1ccccc1)[C@]1(c2ccccc2)OC(=O)c2ccccc21. The van der Waals surface area contributed by atoms with Crippen molar-refractivity contribution in [1.29, 1.82) is 0 Å². The van der Waals surface area contributed by atoms with Crippen LogP contribution >= 0.6 is 0 Å². The average molecular weight is 414 g/mol. The highest BCUT2D eigenvalue weighted by molar-refractivity contribution is 6.00. The summed E-state index contributed by atoms with van der Waals surface area (Å²) in [5.74, 6) is -2.38. The Kier molecular flexibility index (Phi) is 5.67. The van der Waals surface area contributed by atoms with Gasteiger partial charge in [-0.1, -0.05) is 78.9 Å². The summed E-state index contributed by atoms with van der Waals surface area (Å²) in [6.07, 6.45) is -0.167. The van der Waals surface area contributed by atoms with E-state index >= 15 is 0 Å². The van der Waals surface area contributed by atoms with E-state index in [2.05, 4.69) is 0 Å². The Bertz CT molecular complexity index is 1110. The summed E-state index contributed by atoms with van der Waals surface area (Å²) in [4.78, 5) is 39.2. The number of Topliss-reactive ketones (excluding diaryl/α,β-unsaturated/α-hetero) is 1. The molecule has 4 rings (SSSR count). The van der Waals surface area contributed by atoms with Gasteiger partial charge in [-0.3, -0.25) is 9.59 Å². The summed E-state index contributed by atoms with van der Waals surface area (Å²) in [5, 5.41) is 0. The first-order chi connectivity index (χ1) is 15.1. The Labute approximate surface area is 180 Å². The minimum Gasteiger partial charge on any atom is -0.466 e. The van der Waals surface area contributed by atoms with Crippen LogP contribution in [0.3, 0.4) is 0 Å². The molecule has 5 nitrogen and oxygen atoms in total. The molecule has 0 aliphatic carbocycles. The normalized spacial score (nSPS) is 18.0. The molecule has 1 aliphatic heterocycles. The van der Waals surface area contributed by atoms with Crippen LogP contribution in [-0.4, -0.2) is 24.3 Å². The Morgan fingerprint density at radius 3 is 2.19 bits per heavy atom. The number of hydrogen-bond acceptors (Lipinski definition) is 5. The zero-order chi connectivity index (χ0) is 21.8. The van der Waals surface area contributed by atoms with Gasteiger partial charge in [0.05, 0.1) is 12.2 Å². The third kappa shape index (κ3) is 3.63. The maximum Gasteiger partial charge on any atom is 0.339 e. The zero-order valence-corrected chi connectivity index (χ0v) is 17.1. The highest BCUT2D eigenvalue weighted by Crippen LogP contribution is 2.49. The van der Waals surface area contributed by atoms with Gasteiger partial charge in [-0.15, -0.1) is 0 Å². The fourth-order valence-corrected chi connectivity index (χ4v) is 4.16. The molecule has 0 aromatic heterocycles. The molecule has 3 aromatic carbocycles. The molecule has 31 heavy (non-hydrogen) atoms. The molecule has 0 unspecified atom stereocenters. The number of carbonyl (C=O) groups excluding carboxylic acids is 3. The Morgan fingerprint density at radius 1 is 0.903 bits per heavy atom. The van der Waals surface area contributed by atoms with Crippen LogP contribution in [0.4, 0.5) is 0 Å². The van der Waals surface area contributed by atoms with Crippen molar-refractivity contribution in [3.63, 3.8) is 0 Å². The van der Waals surface area contributed by atoms with E-state index < -0.39 is 23.5 Å². The predicted octanol–water partition coefficient (Wildman–Crippen LogP) is 4.55. The van der Waals surface area contributed by atoms with Crippen molar-refractivity contribution >= 4 is 17.7 Å². The molecule has 156 valence electrons. The Morgan fingerprint density at radius 2 is 1.52 bits per heavy atom. The van der Waals surface area contributed by atoms with Crippen LogP contribution < -0.4 is 0 Å². The number of cyclic esters (lactones) is 1. The van der Waals surface area contributed by atoms with Crippen LogP contribution in [0, 0.1) is 5.92 Å². The smallest absolute Gasteiger partial charge is 0.339 e. The Balaban J connectivity index is 1.89. The van der Waals surface area contributed by atoms with E-state index in [4.69, 9.17) is 9.47 Å². The van der Waals surface area contributed by atoms with Crippen molar-refractivity contribution < 1.29 is 23.9 Å². The van der Waals surface area contributed by atoms with Gasteiger partial charge >= 0.3 is 11.9 Å². The number of fused-ring (bicyclic) bond motifs is 1. The van der Waals surface area contributed by atoms with E-state index in [1.165, 1.54) is 0 Å². The van der Waals surface area contributed by atoms with Gasteiger partial charge in [0.15, 0.2) is 11.4 Å². The van der Waals surface area contributed by atoms with Gasteiger partial charge in [0.1, 0.15) is 5.92 Å². The van der Waals surface area contributed by atoms with Crippen molar-refractivity contribution in [2.24, 2.45) is 5.92 Å². The molecule has 0 fully saturated rings. The fourth-order valence-electron chi connectivity index (χ4n) is 4.16. The third-order valence-corrected chi connectivity index (χ3v) is 5.55. The quantitative estimate of drug-likeness (QED) is 0.419. The van der Waals surface area contributed by atoms with E-state index in [1.807, 2.05) is 24.3 Å². The minimum atomic E-state index is -1.45. The molecular weight excluding hydrogens is 392 g/mol. The lowest BCUT2D eigenvalue weighted by Gasteiger charge is -2.35. The van der Waals surface area contributed by atoms with Crippen LogP contribution in [0.1, 0.15) is 45.2 Å². The summed E-state index contributed by atoms with van der Waals surface area (Å²) in [7, 11) is 0. The van der Waals surface area contributed by atoms with Crippen molar-refractivity contribution in [3.8, 4) is 0 Å². The monoisotopic (exact) mass is 414 g/mol. The number of ketones is 1. The highest BCUT2D eigenvalue weighted by Gasteiger charge is 2.56. The number of esters is 2. The first-order valence-electron chi connectivity index (χ1n) is 10.2. The van der Waals surface area contributed by atoms with Gasteiger partial charge in [0.25, 0.3) is 0 Å². The van der Waals surface area contributed by atoms with E-state index in [0.717, 1.165) is 0 Å². The molecule has 0 radical (unpaired) electrons. The lowest BCUT2D eigenvalue weighted by atomic mass is 9.73. The second-order valence-electron chi connectivity index (χ2n) is 7.33. The van der Waals surface area contributed by atoms with Crippen molar-refractivity contribution in [2.45, 2.75) is 18.9 Å². The summed E-state index contributed by atoms with van der Waals surface area (Å²) in [5.41, 5.74) is 0.591. The summed E-state index contributed by atoms with van der Waals surface area (Å²) < 4.78 is 11.3. The fraction of sp³-hybridized carbons (Fsp3) is 0.192. The van der Waals surface area contributed by atoms with Crippen molar-refractivity contribution in [3.05, 3.63) is 107 Å². The van der Waals surface area contributed by atoms with Gasteiger partial charge < -0.3 is 9.47 Å². The largest absolute Gasteiger partial charge is 0.466 e. The molecule has 0 amide bonds. The van der Waals surface area contributed by atoms with Gasteiger partial charge in [-0.25, -0.2) is 4.79 Å². The number of rotatable bonds is 7. The molecule has 3 aromatic rings. The number of carbonyl (C=O) groups is 3. The maximum absolute atomic E-state index is 13.2. The van der Waals surface area contributed by atoms with Crippen molar-refractivity contribution in [2.75, 3.05) is 6.61 Å². The van der Waals surface area contributed by atoms with E-state index in [1.54, 1.807) is 67.6 Å². The van der Waals surface area contributed by atoms with Gasteiger partial charge in [0, 0.05) is 23.1 Å². The van der Waals surface area contributed by atoms with Crippen molar-refractivity contribution in [1.82, 2.24) is 0 Å². The third-order valence-electron chi connectivity index (χ3n) is 5.55. The number of ether oxygens (including phenoxy) is 2. The molecule has 0 saturated heterocycles. The topological polar surface area (TPSA) is 69.7 Å². The molecule has 1 aliphatic rings. The predicted molar refractivity (Wildman–Crippen MR) is 115 cm³/mol. The molecule has 0 bridgehead atoms. The standard InChI is InChI=1S/C26H22O5/c1-2-30-25(29)22(17-23(27)18-11-5-3-6-12-18)26(19-13-7-4-8-14-19)21-16-10-9-15-20(21)24(28)31-26/h3-16,22H,2,17H2,1H3/t22-,26+/m0/s1. The number of hydrogen-bond donors (Lipinski definition) is 0. The minimum absolute atomic E-state index is 0.148. The van der Waals surface area contributed by atoms with Crippen LogP contribution in [0.2, 0.25) is 0 Å². The first kappa shape index (κ1) is 20.5. The van der Waals surface area contributed by atoms with Crippen LogP contribution in [0.15, 0.2) is 84.9 Å². The zero-order valence-electron chi connectivity index (χ0n) is 17.1. The summed E-state index contributed by atoms with van der Waals surface area (Å²) in [6.45, 7) is 1.85. The molecule has 2 atom stereocenters. The van der Waals surface area contributed by atoms with E-state index in [9.17, 15) is 14.4 Å². The molecule has 0 spiro atoms. The van der Waals surface area contributed by atoms with Gasteiger partial charge in [-0.2, -0.15) is 0 Å². The number of benzene rings is 3. The summed E-state index contributed by atoms with van der Waals surface area (Å²) in [6, 6.07) is 24.8. The summed E-state index contributed by atoms with van der Waals surface area (Å²) >= 11 is 0. The molecule has 5 heteroatoms. The second kappa shape index (κ2) is 8.56. The first-order valence-corrected chi connectivity index (χ1v) is 10.2. The molecule has 1 heterocycles. The maximum atomic E-state index is 13.2. The van der Waals surface area contributed by atoms with Gasteiger partial charge in [0.2, 0.25) is 0 Å². The molecule has 0 N–H and O–H groups in total. The van der Waals surface area contributed by atoms with E-state index in [-0.39, 0.29) is 18.8 Å². The van der Waals surface area contributed by atoms with Crippen LogP contribution in [0.25, 0.3) is 0 Å². The van der Waals surface area contributed by atoms with Crippen LogP contribution in [-0.2, 0) is 19.9 Å². The highest BCUT2D eigenvalue weighted by atomic mass is 16.6. The average Bonchev–Trinajstić information content (AvgIpc) is 3.12. The van der Waals surface area contributed by atoms with E-state index in [0.29, 0.717) is 22.3 Å². The molecular formula is C26H22O5. The molecule has 0 saturated carbocycles. The Hall–Kier alpha value is -3.73. The second-order valence-corrected chi connectivity index (χ2v) is 7.33.